The topological polar surface area (TPSA) is 49.4 Å². The average Bonchev–Trinajstić information content (AvgIpc) is 2.78. The van der Waals surface area contributed by atoms with Gasteiger partial charge in [0.15, 0.2) is 0 Å². The molecule has 0 aliphatic heterocycles. The van der Waals surface area contributed by atoms with Gasteiger partial charge in [-0.05, 0) is 55.9 Å². The number of halogens is 1. The van der Waals surface area contributed by atoms with E-state index < -0.39 is 6.04 Å². The molecule has 2 aromatic carbocycles. The van der Waals surface area contributed by atoms with Crippen LogP contribution < -0.4 is 5.32 Å². The van der Waals surface area contributed by atoms with E-state index in [2.05, 4.69) is 5.32 Å². The Balaban J connectivity index is 1.72. The van der Waals surface area contributed by atoms with Crippen LogP contribution in [0, 0.1) is 6.92 Å². The van der Waals surface area contributed by atoms with E-state index in [1.165, 1.54) is 6.42 Å². The first-order valence-electron chi connectivity index (χ1n) is 11.3. The smallest absolute Gasteiger partial charge is 0.242 e. The molecule has 31 heavy (non-hydrogen) atoms. The van der Waals surface area contributed by atoms with E-state index in [0.29, 0.717) is 24.4 Å². The number of benzene rings is 2. The van der Waals surface area contributed by atoms with Gasteiger partial charge in [0.25, 0.3) is 0 Å². The predicted molar refractivity (Wildman–Crippen MR) is 126 cm³/mol. The molecule has 1 aliphatic rings. The van der Waals surface area contributed by atoms with Crippen LogP contribution in [0.5, 0.6) is 0 Å². The van der Waals surface area contributed by atoms with Crippen molar-refractivity contribution in [1.82, 2.24) is 10.2 Å². The van der Waals surface area contributed by atoms with Crippen molar-refractivity contribution in [3.8, 4) is 0 Å². The highest BCUT2D eigenvalue weighted by Crippen LogP contribution is 2.21. The molecular weight excluding hydrogens is 408 g/mol. The van der Waals surface area contributed by atoms with Crippen molar-refractivity contribution in [2.75, 3.05) is 0 Å². The number of nitrogens with one attached hydrogen (secondary N) is 1. The van der Waals surface area contributed by atoms with Gasteiger partial charge in [0.2, 0.25) is 11.8 Å². The fraction of sp³-hybridized carbons (Fsp3) is 0.462. The number of amides is 2. The summed E-state index contributed by atoms with van der Waals surface area (Å²) in [4.78, 5) is 28.0. The lowest BCUT2D eigenvalue weighted by Crippen LogP contribution is -2.50. The largest absolute Gasteiger partial charge is 0.352 e. The summed E-state index contributed by atoms with van der Waals surface area (Å²) in [6.45, 7) is 4.30. The normalized spacial score (nSPS) is 15.3. The fourth-order valence-electron chi connectivity index (χ4n) is 4.21. The summed E-state index contributed by atoms with van der Waals surface area (Å²) in [5.74, 6) is -0.0963. The highest BCUT2D eigenvalue weighted by atomic mass is 35.5. The molecule has 0 aromatic heterocycles. The fourth-order valence-corrected chi connectivity index (χ4v) is 4.44. The molecule has 2 aromatic rings. The van der Waals surface area contributed by atoms with Crippen molar-refractivity contribution in [1.29, 1.82) is 0 Å². The Bertz CT molecular complexity index is 892. The quantitative estimate of drug-likeness (QED) is 0.593. The first kappa shape index (κ1) is 23.3. The molecule has 5 heteroatoms. The number of nitrogens with zero attached hydrogens (tertiary/aromatic N) is 1. The van der Waals surface area contributed by atoms with Gasteiger partial charge in [-0.1, -0.05) is 73.3 Å². The van der Waals surface area contributed by atoms with Crippen LogP contribution in [0.25, 0.3) is 0 Å². The van der Waals surface area contributed by atoms with Crippen LogP contribution in [-0.4, -0.2) is 28.8 Å². The Kier molecular flexibility index (Phi) is 8.53. The maximum absolute atomic E-state index is 13.3. The van der Waals surface area contributed by atoms with E-state index in [0.717, 1.165) is 42.4 Å². The molecule has 1 fully saturated rings. The predicted octanol–water partition coefficient (Wildman–Crippen LogP) is 5.45. The zero-order chi connectivity index (χ0) is 22.2. The standard InChI is InChI=1S/C26H33ClN2O2/c1-19-10-6-7-12-22(19)18-29(20(2)26(31)28-23-13-4-3-5-14-23)25(30)17-16-21-11-8-9-15-24(21)27/h6-12,15,20,23H,3-5,13-14,16-18H2,1-2H3,(H,28,31). The Morgan fingerprint density at radius 3 is 2.35 bits per heavy atom. The third-order valence-corrected chi connectivity index (χ3v) is 6.66. The van der Waals surface area contributed by atoms with Gasteiger partial charge in [-0.3, -0.25) is 9.59 Å². The Morgan fingerprint density at radius 1 is 1.03 bits per heavy atom. The third-order valence-electron chi connectivity index (χ3n) is 6.29. The summed E-state index contributed by atoms with van der Waals surface area (Å²) >= 11 is 6.27. The van der Waals surface area contributed by atoms with E-state index in [9.17, 15) is 9.59 Å². The second-order valence-corrected chi connectivity index (χ2v) is 8.97. The minimum atomic E-state index is -0.528. The second-order valence-electron chi connectivity index (χ2n) is 8.56. The molecule has 0 saturated heterocycles. The third kappa shape index (κ3) is 6.57. The van der Waals surface area contributed by atoms with Crippen molar-refractivity contribution in [3.63, 3.8) is 0 Å². The maximum atomic E-state index is 13.3. The number of hydrogen-bond acceptors (Lipinski definition) is 2. The minimum absolute atomic E-state index is 0.0329. The Labute approximate surface area is 191 Å². The molecule has 1 unspecified atom stereocenters. The lowest BCUT2D eigenvalue weighted by molar-refractivity contribution is -0.141. The molecule has 166 valence electrons. The molecule has 2 amide bonds. The monoisotopic (exact) mass is 440 g/mol. The molecule has 0 bridgehead atoms. The van der Waals surface area contributed by atoms with E-state index in [4.69, 9.17) is 11.6 Å². The van der Waals surface area contributed by atoms with Crippen molar-refractivity contribution >= 4 is 23.4 Å². The number of rotatable bonds is 8. The van der Waals surface area contributed by atoms with Crippen molar-refractivity contribution in [2.45, 2.75) is 77.4 Å². The van der Waals surface area contributed by atoms with Gasteiger partial charge >= 0.3 is 0 Å². The molecule has 1 N–H and O–H groups in total. The summed E-state index contributed by atoms with van der Waals surface area (Å²) < 4.78 is 0. The van der Waals surface area contributed by atoms with E-state index in [1.807, 2.05) is 62.4 Å². The number of aryl methyl sites for hydroxylation is 2. The molecule has 4 nitrogen and oxygen atoms in total. The van der Waals surface area contributed by atoms with Crippen LogP contribution in [0.1, 0.15) is 62.1 Å². The lowest BCUT2D eigenvalue weighted by atomic mass is 9.95. The first-order valence-corrected chi connectivity index (χ1v) is 11.7. The van der Waals surface area contributed by atoms with Gasteiger partial charge in [0, 0.05) is 24.0 Å². The number of carbonyl (C=O) groups is 2. The summed E-state index contributed by atoms with van der Waals surface area (Å²) in [7, 11) is 0. The molecule has 3 rings (SSSR count). The van der Waals surface area contributed by atoms with Crippen LogP contribution >= 0.6 is 11.6 Å². The molecule has 0 heterocycles. The average molecular weight is 441 g/mol. The van der Waals surface area contributed by atoms with Crippen molar-refractivity contribution in [2.24, 2.45) is 0 Å². The SMILES string of the molecule is Cc1ccccc1CN(C(=O)CCc1ccccc1Cl)C(C)C(=O)NC1CCCCC1. The summed E-state index contributed by atoms with van der Waals surface area (Å²) in [6, 6.07) is 15.3. The summed E-state index contributed by atoms with van der Waals surface area (Å²) in [5, 5.41) is 3.85. The maximum Gasteiger partial charge on any atom is 0.242 e. The van der Waals surface area contributed by atoms with Crippen molar-refractivity contribution < 1.29 is 9.59 Å². The van der Waals surface area contributed by atoms with E-state index >= 15 is 0 Å². The van der Waals surface area contributed by atoms with Crippen LogP contribution in [-0.2, 0) is 22.6 Å². The molecule has 0 radical (unpaired) electrons. The van der Waals surface area contributed by atoms with E-state index in [1.54, 1.807) is 4.90 Å². The zero-order valence-electron chi connectivity index (χ0n) is 18.6. The van der Waals surface area contributed by atoms with Crippen LogP contribution in [0.2, 0.25) is 5.02 Å². The Hall–Kier alpha value is -2.33. The van der Waals surface area contributed by atoms with E-state index in [-0.39, 0.29) is 17.9 Å². The van der Waals surface area contributed by atoms with Gasteiger partial charge in [-0.25, -0.2) is 0 Å². The van der Waals surface area contributed by atoms with Gasteiger partial charge < -0.3 is 10.2 Å². The lowest BCUT2D eigenvalue weighted by Gasteiger charge is -2.31. The zero-order valence-corrected chi connectivity index (χ0v) is 19.3. The van der Waals surface area contributed by atoms with Crippen LogP contribution in [0.3, 0.4) is 0 Å². The molecule has 0 spiro atoms. The minimum Gasteiger partial charge on any atom is -0.352 e. The second kappa shape index (κ2) is 11.3. The van der Waals surface area contributed by atoms with Gasteiger partial charge in [-0.15, -0.1) is 0 Å². The van der Waals surface area contributed by atoms with Crippen LogP contribution in [0.15, 0.2) is 48.5 Å². The summed E-state index contributed by atoms with van der Waals surface area (Å²) in [6.07, 6.45) is 6.47. The highest BCUT2D eigenvalue weighted by molar-refractivity contribution is 6.31. The highest BCUT2D eigenvalue weighted by Gasteiger charge is 2.28. The summed E-state index contributed by atoms with van der Waals surface area (Å²) in [5.41, 5.74) is 3.13. The number of hydrogen-bond donors (Lipinski definition) is 1. The number of carbonyl (C=O) groups excluding carboxylic acids is 2. The first-order chi connectivity index (χ1) is 15.0. The van der Waals surface area contributed by atoms with Gasteiger partial charge in [0.1, 0.15) is 6.04 Å². The van der Waals surface area contributed by atoms with Crippen molar-refractivity contribution in [3.05, 3.63) is 70.2 Å². The molecular formula is C26H33ClN2O2. The molecule has 1 aliphatic carbocycles. The Morgan fingerprint density at radius 2 is 1.68 bits per heavy atom. The van der Waals surface area contributed by atoms with Gasteiger partial charge in [-0.2, -0.15) is 0 Å². The van der Waals surface area contributed by atoms with Gasteiger partial charge in [0.05, 0.1) is 0 Å². The molecule has 1 atom stereocenters. The van der Waals surface area contributed by atoms with Crippen LogP contribution in [0.4, 0.5) is 0 Å². The molecule has 1 saturated carbocycles.